The number of nitrogens with zero attached hydrogens (tertiary/aromatic N) is 3. The Kier molecular flexibility index (Phi) is 5.65. The molecule has 7 heteroatoms. The number of carbonyl (C=O) groups is 2. The van der Waals surface area contributed by atoms with Crippen LogP contribution in [0.4, 0.5) is 0 Å². The third-order valence-corrected chi connectivity index (χ3v) is 4.68. The molecule has 26 heavy (non-hydrogen) atoms. The summed E-state index contributed by atoms with van der Waals surface area (Å²) >= 11 is 0. The van der Waals surface area contributed by atoms with Crippen LogP contribution < -0.4 is 10.6 Å². The van der Waals surface area contributed by atoms with E-state index >= 15 is 0 Å². The van der Waals surface area contributed by atoms with Crippen LogP contribution in [0.3, 0.4) is 0 Å². The molecule has 138 valence electrons. The van der Waals surface area contributed by atoms with Crippen LogP contribution in [0.15, 0.2) is 24.4 Å². The number of aromatic nitrogens is 3. The smallest absolute Gasteiger partial charge is 0.287 e. The van der Waals surface area contributed by atoms with Gasteiger partial charge in [0.15, 0.2) is 5.82 Å². The molecule has 0 saturated carbocycles. The highest BCUT2D eigenvalue weighted by molar-refractivity contribution is 5.97. The van der Waals surface area contributed by atoms with Crippen LogP contribution >= 0.6 is 0 Å². The van der Waals surface area contributed by atoms with Crippen LogP contribution in [0.25, 0.3) is 0 Å². The van der Waals surface area contributed by atoms with Gasteiger partial charge in [-0.25, -0.2) is 4.98 Å². The molecule has 0 bridgehead atoms. The second kappa shape index (κ2) is 8.12. The van der Waals surface area contributed by atoms with E-state index < -0.39 is 0 Å². The lowest BCUT2D eigenvalue weighted by atomic mass is 10.1. The first-order valence-corrected chi connectivity index (χ1v) is 9.18. The van der Waals surface area contributed by atoms with Crippen LogP contribution in [0.5, 0.6) is 0 Å². The van der Waals surface area contributed by atoms with E-state index in [4.69, 9.17) is 0 Å². The molecule has 0 radical (unpaired) electrons. The second-order valence-electron chi connectivity index (χ2n) is 6.63. The van der Waals surface area contributed by atoms with Gasteiger partial charge in [0.1, 0.15) is 5.69 Å². The summed E-state index contributed by atoms with van der Waals surface area (Å²) < 4.78 is 1.90. The number of carbonyl (C=O) groups excluding carboxylic acids is 2. The number of imidazole rings is 1. The van der Waals surface area contributed by atoms with Crippen LogP contribution in [0.2, 0.25) is 0 Å². The molecule has 2 aromatic heterocycles. The zero-order valence-corrected chi connectivity index (χ0v) is 15.3. The van der Waals surface area contributed by atoms with E-state index in [2.05, 4.69) is 20.6 Å². The molecule has 0 fully saturated rings. The first-order chi connectivity index (χ1) is 12.6. The molecular formula is C19H25N5O2. The number of fused-ring (bicyclic) bond motifs is 1. The van der Waals surface area contributed by atoms with Crippen LogP contribution in [-0.2, 0) is 19.5 Å². The topological polar surface area (TPSA) is 88.9 Å². The molecule has 2 amide bonds. The molecule has 1 aliphatic heterocycles. The van der Waals surface area contributed by atoms with Crippen LogP contribution in [-0.4, -0.2) is 32.4 Å². The predicted octanol–water partition coefficient (Wildman–Crippen LogP) is 2.07. The standard InChI is InChI=1S/C19H25N5O2/c1-3-13(2)22-19(26)17-23-16(15-9-5-7-11-24(15)17)18(25)21-12-14-8-4-6-10-20-14/h4,6,8,10,13H,3,5,7,9,11-12H2,1-2H3,(H,21,25)(H,22,26). The Morgan fingerprint density at radius 1 is 1.27 bits per heavy atom. The molecule has 7 nitrogen and oxygen atoms in total. The summed E-state index contributed by atoms with van der Waals surface area (Å²) in [5.74, 6) is -0.141. The quantitative estimate of drug-likeness (QED) is 0.830. The minimum atomic E-state index is -0.260. The average Bonchev–Trinajstić information content (AvgIpc) is 3.06. The van der Waals surface area contributed by atoms with Crippen molar-refractivity contribution in [3.05, 3.63) is 47.3 Å². The third-order valence-electron chi connectivity index (χ3n) is 4.68. The van der Waals surface area contributed by atoms with Crippen LogP contribution in [0.1, 0.15) is 65.6 Å². The van der Waals surface area contributed by atoms with E-state index in [0.717, 1.165) is 43.6 Å². The van der Waals surface area contributed by atoms with Gasteiger partial charge in [-0.1, -0.05) is 13.0 Å². The van der Waals surface area contributed by atoms with Gasteiger partial charge in [0, 0.05) is 18.8 Å². The molecule has 1 aliphatic rings. The summed E-state index contributed by atoms with van der Waals surface area (Å²) in [5, 5.41) is 5.80. The maximum Gasteiger partial charge on any atom is 0.287 e. The monoisotopic (exact) mass is 355 g/mol. The number of rotatable bonds is 6. The largest absolute Gasteiger partial charge is 0.347 e. The molecule has 2 N–H and O–H groups in total. The molecule has 1 atom stereocenters. The summed E-state index contributed by atoms with van der Waals surface area (Å²) in [6, 6.07) is 5.64. The zero-order chi connectivity index (χ0) is 18.5. The number of pyridine rings is 1. The average molecular weight is 355 g/mol. The van der Waals surface area contributed by atoms with Gasteiger partial charge in [-0.05, 0) is 44.7 Å². The minimum absolute atomic E-state index is 0.0699. The van der Waals surface area contributed by atoms with E-state index in [9.17, 15) is 9.59 Å². The van der Waals surface area contributed by atoms with Crippen molar-refractivity contribution in [1.82, 2.24) is 25.2 Å². The molecule has 0 saturated heterocycles. The van der Waals surface area contributed by atoms with E-state index in [1.54, 1.807) is 6.20 Å². The van der Waals surface area contributed by atoms with Gasteiger partial charge in [0.2, 0.25) is 0 Å². The predicted molar refractivity (Wildman–Crippen MR) is 97.8 cm³/mol. The van der Waals surface area contributed by atoms with Gasteiger partial charge in [0.05, 0.1) is 17.9 Å². The van der Waals surface area contributed by atoms with Crippen molar-refractivity contribution < 1.29 is 9.59 Å². The fraction of sp³-hybridized carbons (Fsp3) is 0.474. The Hall–Kier alpha value is -2.70. The van der Waals surface area contributed by atoms with Crippen molar-refractivity contribution in [3.8, 4) is 0 Å². The first-order valence-electron chi connectivity index (χ1n) is 9.18. The maximum atomic E-state index is 12.7. The molecule has 3 rings (SSSR count). The Morgan fingerprint density at radius 3 is 2.85 bits per heavy atom. The van der Waals surface area contributed by atoms with Crippen molar-refractivity contribution in [2.24, 2.45) is 0 Å². The molecule has 0 aliphatic carbocycles. The highest BCUT2D eigenvalue weighted by atomic mass is 16.2. The van der Waals surface area contributed by atoms with Crippen molar-refractivity contribution in [3.63, 3.8) is 0 Å². The Bertz CT molecular complexity index is 785. The lowest BCUT2D eigenvalue weighted by Crippen LogP contribution is -2.34. The lowest BCUT2D eigenvalue weighted by molar-refractivity contribution is 0.0923. The van der Waals surface area contributed by atoms with Crippen molar-refractivity contribution in [1.29, 1.82) is 0 Å². The summed E-state index contributed by atoms with van der Waals surface area (Å²) in [6.07, 6.45) is 5.28. The second-order valence-corrected chi connectivity index (χ2v) is 6.63. The van der Waals surface area contributed by atoms with E-state index in [1.807, 2.05) is 36.6 Å². The number of hydrogen-bond donors (Lipinski definition) is 2. The molecule has 3 heterocycles. The van der Waals surface area contributed by atoms with E-state index in [1.165, 1.54) is 0 Å². The number of nitrogens with one attached hydrogen (secondary N) is 2. The first kappa shape index (κ1) is 18.1. The molecule has 0 spiro atoms. The van der Waals surface area contributed by atoms with Gasteiger partial charge in [-0.3, -0.25) is 14.6 Å². The van der Waals surface area contributed by atoms with Crippen LogP contribution in [0, 0.1) is 0 Å². The third kappa shape index (κ3) is 3.92. The Morgan fingerprint density at radius 2 is 2.12 bits per heavy atom. The highest BCUT2D eigenvalue weighted by Gasteiger charge is 2.27. The molecular weight excluding hydrogens is 330 g/mol. The lowest BCUT2D eigenvalue weighted by Gasteiger charge is -2.18. The van der Waals surface area contributed by atoms with Gasteiger partial charge in [0.25, 0.3) is 11.8 Å². The number of hydrogen-bond acceptors (Lipinski definition) is 4. The van der Waals surface area contributed by atoms with Crippen molar-refractivity contribution in [2.45, 2.75) is 58.7 Å². The summed E-state index contributed by atoms with van der Waals surface area (Å²) in [7, 11) is 0. The highest BCUT2D eigenvalue weighted by Crippen LogP contribution is 2.21. The molecule has 1 unspecified atom stereocenters. The summed E-state index contributed by atoms with van der Waals surface area (Å²) in [4.78, 5) is 33.8. The number of amides is 2. The van der Waals surface area contributed by atoms with Gasteiger partial charge < -0.3 is 15.2 Å². The van der Waals surface area contributed by atoms with Gasteiger partial charge in [-0.2, -0.15) is 0 Å². The fourth-order valence-electron chi connectivity index (χ4n) is 3.05. The Labute approximate surface area is 153 Å². The van der Waals surface area contributed by atoms with Gasteiger partial charge >= 0.3 is 0 Å². The minimum Gasteiger partial charge on any atom is -0.347 e. The Balaban J connectivity index is 1.80. The van der Waals surface area contributed by atoms with E-state index in [-0.39, 0.29) is 17.9 Å². The SMILES string of the molecule is CCC(C)NC(=O)c1nc(C(=O)NCc2ccccn2)c2n1CCCC2. The van der Waals surface area contributed by atoms with E-state index in [0.29, 0.717) is 18.1 Å². The normalized spacial score (nSPS) is 14.4. The molecule has 0 aromatic carbocycles. The zero-order valence-electron chi connectivity index (χ0n) is 15.3. The molecule has 2 aromatic rings. The summed E-state index contributed by atoms with van der Waals surface area (Å²) in [5.41, 5.74) is 1.99. The van der Waals surface area contributed by atoms with Crippen molar-refractivity contribution >= 4 is 11.8 Å². The van der Waals surface area contributed by atoms with Crippen molar-refractivity contribution in [2.75, 3.05) is 0 Å². The van der Waals surface area contributed by atoms with Gasteiger partial charge in [-0.15, -0.1) is 0 Å². The maximum absolute atomic E-state index is 12.7. The summed E-state index contributed by atoms with van der Waals surface area (Å²) in [6.45, 7) is 5.03. The fourth-order valence-corrected chi connectivity index (χ4v) is 3.05.